The van der Waals surface area contributed by atoms with Crippen LogP contribution in [0.2, 0.25) is 0 Å². The second-order valence-electron chi connectivity index (χ2n) is 7.48. The molecule has 2 rings (SSSR count). The van der Waals surface area contributed by atoms with Gasteiger partial charge in [-0.1, -0.05) is 26.0 Å². The fraction of sp³-hybridized carbons (Fsp3) is 0.391. The summed E-state index contributed by atoms with van der Waals surface area (Å²) in [6.07, 6.45) is 0.949. The van der Waals surface area contributed by atoms with Gasteiger partial charge in [0.05, 0.1) is 13.7 Å². The molecule has 0 aliphatic rings. The highest BCUT2D eigenvalue weighted by molar-refractivity contribution is 5.95. The van der Waals surface area contributed by atoms with E-state index in [9.17, 15) is 9.59 Å². The Kier molecular flexibility index (Phi) is 8.07. The van der Waals surface area contributed by atoms with E-state index in [0.29, 0.717) is 41.7 Å². The van der Waals surface area contributed by atoms with E-state index in [4.69, 9.17) is 9.47 Å². The summed E-state index contributed by atoms with van der Waals surface area (Å²) >= 11 is 0. The molecule has 0 aliphatic heterocycles. The summed E-state index contributed by atoms with van der Waals surface area (Å²) in [5.41, 5.74) is 2.02. The van der Waals surface area contributed by atoms with Crippen LogP contribution in [0.15, 0.2) is 42.5 Å². The molecule has 0 radical (unpaired) electrons. The van der Waals surface area contributed by atoms with E-state index in [2.05, 4.69) is 19.2 Å². The van der Waals surface area contributed by atoms with Gasteiger partial charge in [0, 0.05) is 31.8 Å². The Bertz CT molecular complexity index is 829. The maximum absolute atomic E-state index is 12.5. The Morgan fingerprint density at radius 3 is 2.24 bits per heavy atom. The van der Waals surface area contributed by atoms with Crippen LogP contribution in [-0.4, -0.2) is 44.5 Å². The summed E-state index contributed by atoms with van der Waals surface area (Å²) in [5.74, 6) is 1.47. The molecule has 0 bridgehead atoms. The lowest BCUT2D eigenvalue weighted by Crippen LogP contribution is -2.23. The Labute approximate surface area is 172 Å². The molecule has 0 unspecified atom stereocenters. The van der Waals surface area contributed by atoms with Gasteiger partial charge in [-0.15, -0.1) is 0 Å². The minimum Gasteiger partial charge on any atom is -0.493 e. The fourth-order valence-electron chi connectivity index (χ4n) is 2.64. The van der Waals surface area contributed by atoms with Crippen molar-refractivity contribution in [3.63, 3.8) is 0 Å². The van der Waals surface area contributed by atoms with Gasteiger partial charge in [-0.05, 0) is 48.2 Å². The molecule has 156 valence electrons. The highest BCUT2D eigenvalue weighted by atomic mass is 16.5. The topological polar surface area (TPSA) is 67.9 Å². The first kappa shape index (κ1) is 22.3. The molecule has 2 aromatic carbocycles. The number of hydrogen-bond donors (Lipinski definition) is 1. The predicted octanol–water partition coefficient (Wildman–Crippen LogP) is 3.75. The summed E-state index contributed by atoms with van der Waals surface area (Å²) in [4.78, 5) is 26.0. The third-order valence-electron chi connectivity index (χ3n) is 4.44. The lowest BCUT2D eigenvalue weighted by atomic mass is 10.1. The zero-order valence-electron chi connectivity index (χ0n) is 17.8. The summed E-state index contributed by atoms with van der Waals surface area (Å²) in [5, 5.41) is 2.88. The molecule has 6 heteroatoms. The van der Waals surface area contributed by atoms with E-state index in [1.165, 1.54) is 4.90 Å². The molecule has 29 heavy (non-hydrogen) atoms. The first-order valence-corrected chi connectivity index (χ1v) is 9.71. The van der Waals surface area contributed by atoms with Crippen molar-refractivity contribution in [1.82, 2.24) is 10.2 Å². The van der Waals surface area contributed by atoms with E-state index in [0.717, 1.165) is 12.0 Å². The molecular formula is C23H30N2O4. The van der Waals surface area contributed by atoms with Crippen molar-refractivity contribution in [2.45, 2.75) is 26.8 Å². The summed E-state index contributed by atoms with van der Waals surface area (Å²) in [6.45, 7) is 5.25. The summed E-state index contributed by atoms with van der Waals surface area (Å²) in [7, 11) is 4.99. The molecule has 1 N–H and O–H groups in total. The van der Waals surface area contributed by atoms with Crippen molar-refractivity contribution in [1.29, 1.82) is 0 Å². The maximum atomic E-state index is 12.5. The standard InChI is InChI=1S/C23H30N2O4/c1-16(2)12-13-29-20-11-10-19(14-21(20)28-5)22(26)24-15-17-6-8-18(9-7-17)23(27)25(3)4/h6-11,14,16H,12-13,15H2,1-5H3,(H,24,26). The quantitative estimate of drug-likeness (QED) is 0.699. The first-order chi connectivity index (χ1) is 13.8. The Hall–Kier alpha value is -3.02. The second kappa shape index (κ2) is 10.5. The normalized spacial score (nSPS) is 10.6. The van der Waals surface area contributed by atoms with Gasteiger partial charge in [0.15, 0.2) is 11.5 Å². The Morgan fingerprint density at radius 2 is 1.66 bits per heavy atom. The molecule has 2 amide bonds. The Morgan fingerprint density at radius 1 is 1.00 bits per heavy atom. The lowest BCUT2D eigenvalue weighted by Gasteiger charge is -2.13. The molecule has 0 spiro atoms. The number of methoxy groups -OCH3 is 1. The van der Waals surface area contributed by atoms with E-state index in [-0.39, 0.29) is 11.8 Å². The van der Waals surface area contributed by atoms with Crippen molar-refractivity contribution < 1.29 is 19.1 Å². The number of ether oxygens (including phenoxy) is 2. The van der Waals surface area contributed by atoms with Crippen molar-refractivity contribution in [2.24, 2.45) is 5.92 Å². The number of amides is 2. The van der Waals surface area contributed by atoms with Gasteiger partial charge in [0.2, 0.25) is 0 Å². The molecular weight excluding hydrogens is 368 g/mol. The van der Waals surface area contributed by atoms with Gasteiger partial charge in [-0.2, -0.15) is 0 Å². The number of benzene rings is 2. The molecule has 2 aromatic rings. The van der Waals surface area contributed by atoms with Crippen molar-refractivity contribution in [3.8, 4) is 11.5 Å². The summed E-state index contributed by atoms with van der Waals surface area (Å²) < 4.78 is 11.1. The lowest BCUT2D eigenvalue weighted by molar-refractivity contribution is 0.0827. The average Bonchev–Trinajstić information content (AvgIpc) is 2.71. The van der Waals surface area contributed by atoms with Crippen molar-refractivity contribution in [2.75, 3.05) is 27.8 Å². The van der Waals surface area contributed by atoms with Gasteiger partial charge in [0.25, 0.3) is 11.8 Å². The largest absolute Gasteiger partial charge is 0.493 e. The van der Waals surface area contributed by atoms with Crippen LogP contribution in [0.4, 0.5) is 0 Å². The zero-order chi connectivity index (χ0) is 21.4. The smallest absolute Gasteiger partial charge is 0.253 e. The molecule has 0 aromatic heterocycles. The molecule has 0 saturated heterocycles. The fourth-order valence-corrected chi connectivity index (χ4v) is 2.64. The van der Waals surface area contributed by atoms with Crippen LogP contribution in [0.3, 0.4) is 0 Å². The SMILES string of the molecule is COc1cc(C(=O)NCc2ccc(C(=O)N(C)C)cc2)ccc1OCCC(C)C. The van der Waals surface area contributed by atoms with Crippen LogP contribution in [0.1, 0.15) is 46.5 Å². The molecule has 0 aliphatic carbocycles. The molecule has 6 nitrogen and oxygen atoms in total. The van der Waals surface area contributed by atoms with Crippen LogP contribution >= 0.6 is 0 Å². The first-order valence-electron chi connectivity index (χ1n) is 9.71. The van der Waals surface area contributed by atoms with Gasteiger partial charge in [-0.25, -0.2) is 0 Å². The summed E-state index contributed by atoms with van der Waals surface area (Å²) in [6, 6.07) is 12.4. The number of carbonyl (C=O) groups excluding carboxylic acids is 2. The van der Waals surface area contributed by atoms with Gasteiger partial charge in [-0.3, -0.25) is 9.59 Å². The number of hydrogen-bond acceptors (Lipinski definition) is 4. The maximum Gasteiger partial charge on any atom is 0.253 e. The number of nitrogens with one attached hydrogen (secondary N) is 1. The van der Waals surface area contributed by atoms with Crippen LogP contribution in [0.5, 0.6) is 11.5 Å². The minimum absolute atomic E-state index is 0.0524. The third kappa shape index (κ3) is 6.52. The molecule has 0 fully saturated rings. The van der Waals surface area contributed by atoms with E-state index in [1.54, 1.807) is 51.5 Å². The van der Waals surface area contributed by atoms with Crippen LogP contribution in [-0.2, 0) is 6.54 Å². The number of nitrogens with zero attached hydrogens (tertiary/aromatic N) is 1. The van der Waals surface area contributed by atoms with E-state index < -0.39 is 0 Å². The van der Waals surface area contributed by atoms with E-state index >= 15 is 0 Å². The minimum atomic E-state index is -0.203. The zero-order valence-corrected chi connectivity index (χ0v) is 17.8. The van der Waals surface area contributed by atoms with Crippen molar-refractivity contribution >= 4 is 11.8 Å². The Balaban J connectivity index is 1.97. The highest BCUT2D eigenvalue weighted by Crippen LogP contribution is 2.28. The van der Waals surface area contributed by atoms with E-state index in [1.807, 2.05) is 12.1 Å². The number of carbonyl (C=O) groups is 2. The third-order valence-corrected chi connectivity index (χ3v) is 4.44. The second-order valence-corrected chi connectivity index (χ2v) is 7.48. The van der Waals surface area contributed by atoms with Gasteiger partial charge >= 0.3 is 0 Å². The molecule has 0 heterocycles. The van der Waals surface area contributed by atoms with Crippen LogP contribution in [0.25, 0.3) is 0 Å². The van der Waals surface area contributed by atoms with Crippen molar-refractivity contribution in [3.05, 3.63) is 59.2 Å². The van der Waals surface area contributed by atoms with Crippen LogP contribution < -0.4 is 14.8 Å². The van der Waals surface area contributed by atoms with Gasteiger partial charge < -0.3 is 19.7 Å². The monoisotopic (exact) mass is 398 g/mol. The van der Waals surface area contributed by atoms with Crippen LogP contribution in [0, 0.1) is 5.92 Å². The highest BCUT2D eigenvalue weighted by Gasteiger charge is 2.12. The predicted molar refractivity (Wildman–Crippen MR) is 114 cm³/mol. The number of rotatable bonds is 9. The molecule has 0 saturated carbocycles. The molecule has 0 atom stereocenters. The van der Waals surface area contributed by atoms with Gasteiger partial charge in [0.1, 0.15) is 0 Å². The average molecular weight is 399 g/mol.